The molecule has 2 aromatic carbocycles. The highest BCUT2D eigenvalue weighted by molar-refractivity contribution is 8.13. The van der Waals surface area contributed by atoms with Crippen molar-refractivity contribution >= 4 is 33.4 Å². The topological polar surface area (TPSA) is 72.8 Å². The highest BCUT2D eigenvalue weighted by atomic mass is 32.2. The molecule has 44 heavy (non-hydrogen) atoms. The number of ether oxygens (including phenoxy) is 2. The van der Waals surface area contributed by atoms with E-state index in [2.05, 4.69) is 32.0 Å². The Morgan fingerprint density at radius 1 is 1.16 bits per heavy atom. The summed E-state index contributed by atoms with van der Waals surface area (Å²) in [6.07, 6.45) is 5.16. The first-order valence-corrected chi connectivity index (χ1v) is 16.8. The van der Waals surface area contributed by atoms with Gasteiger partial charge in [0.25, 0.3) is 0 Å². The van der Waals surface area contributed by atoms with Crippen LogP contribution < -0.4 is 0 Å². The van der Waals surface area contributed by atoms with E-state index in [9.17, 15) is 23.5 Å². The number of rotatable bonds is 6. The zero-order valence-corrected chi connectivity index (χ0v) is 26.2. The summed E-state index contributed by atoms with van der Waals surface area (Å²) < 4.78 is 40.8. The number of hydrogen-bond acceptors (Lipinski definition) is 6. The van der Waals surface area contributed by atoms with Crippen molar-refractivity contribution in [3.63, 3.8) is 0 Å². The fraction of sp³-hybridized carbons (Fsp3) is 0.556. The van der Waals surface area contributed by atoms with E-state index in [0.29, 0.717) is 18.6 Å². The second kappa shape index (κ2) is 10.6. The molecule has 4 fully saturated rings. The summed E-state index contributed by atoms with van der Waals surface area (Å²) in [6, 6.07) is 14.3. The Morgan fingerprint density at radius 3 is 2.70 bits per heavy atom. The van der Waals surface area contributed by atoms with Gasteiger partial charge in [-0.3, -0.25) is 9.59 Å². The van der Waals surface area contributed by atoms with Crippen molar-refractivity contribution in [1.82, 2.24) is 0 Å². The lowest BCUT2D eigenvalue weighted by Gasteiger charge is -2.59. The van der Waals surface area contributed by atoms with Gasteiger partial charge in [0.2, 0.25) is 11.0 Å². The third-order valence-electron chi connectivity index (χ3n) is 11.6. The van der Waals surface area contributed by atoms with Crippen LogP contribution in [0.15, 0.2) is 66.3 Å². The Kier molecular flexibility index (Phi) is 7.28. The molecule has 4 aliphatic carbocycles. The average Bonchev–Trinajstić information content (AvgIpc) is 3.47. The third kappa shape index (κ3) is 4.66. The monoisotopic (exact) mass is 622 g/mol. The van der Waals surface area contributed by atoms with Crippen LogP contribution in [0.2, 0.25) is 0 Å². The molecule has 0 aromatic heterocycles. The summed E-state index contributed by atoms with van der Waals surface area (Å²) in [4.78, 5) is 26.8. The number of aliphatic hydroxyl groups excluding tert-OH is 1. The lowest BCUT2D eigenvalue weighted by molar-refractivity contribution is -0.196. The number of allylic oxidation sites excluding steroid dienone is 4. The molecule has 234 valence electrons. The Hall–Kier alpha value is -2.39. The zero-order valence-electron chi connectivity index (χ0n) is 25.4. The molecule has 3 saturated carbocycles. The molecule has 7 rings (SSSR count). The predicted octanol–water partition coefficient (Wildman–Crippen LogP) is 7.40. The summed E-state index contributed by atoms with van der Waals surface area (Å²) >= 11 is 1.20. The smallest absolute Gasteiger partial charge is 0.245 e. The molecule has 9 atom stereocenters. The normalized spacial score (nSPS) is 39.4. The molecular weight excluding hydrogens is 582 g/mol. The van der Waals surface area contributed by atoms with Gasteiger partial charge in [-0.1, -0.05) is 79.7 Å². The molecule has 1 heterocycles. The van der Waals surface area contributed by atoms with Crippen LogP contribution in [0.1, 0.15) is 64.9 Å². The molecular formula is C36H40F2O5S. The van der Waals surface area contributed by atoms with Crippen LogP contribution in [-0.4, -0.2) is 46.0 Å². The second-order valence-corrected chi connectivity index (χ2v) is 15.2. The minimum atomic E-state index is -2.87. The van der Waals surface area contributed by atoms with Gasteiger partial charge in [-0.2, -0.15) is 0 Å². The minimum absolute atomic E-state index is 0.00915. The molecule has 1 N–H and O–H groups in total. The maximum Gasteiger partial charge on any atom is 0.245 e. The molecule has 0 spiro atoms. The lowest BCUT2D eigenvalue weighted by atomic mass is 9.46. The SMILES string of the molecule is CC(F)(F)CCC1O[C@H]2CC3C4CCC5=CC(=O)C=CC5(C)C4[C@@H](O)CC3(C)[C@]2(C(=O)SCc2ccc3ccccc3c2)O1. The third-order valence-corrected chi connectivity index (χ3v) is 12.6. The maximum absolute atomic E-state index is 14.6. The van der Waals surface area contributed by atoms with Crippen LogP contribution in [0.5, 0.6) is 0 Å². The van der Waals surface area contributed by atoms with Gasteiger partial charge >= 0.3 is 0 Å². The fourth-order valence-corrected chi connectivity index (χ4v) is 10.7. The number of benzene rings is 2. The van der Waals surface area contributed by atoms with Crippen molar-refractivity contribution in [3.05, 3.63) is 71.8 Å². The molecule has 5 nitrogen and oxygen atoms in total. The van der Waals surface area contributed by atoms with E-state index in [1.807, 2.05) is 30.3 Å². The quantitative estimate of drug-likeness (QED) is 0.362. The van der Waals surface area contributed by atoms with Crippen molar-refractivity contribution < 1.29 is 33.0 Å². The summed E-state index contributed by atoms with van der Waals surface area (Å²) in [5.41, 5.74) is -0.460. The Morgan fingerprint density at radius 2 is 1.93 bits per heavy atom. The Labute approximate surface area is 261 Å². The lowest BCUT2D eigenvalue weighted by Crippen LogP contribution is -2.62. The average molecular weight is 623 g/mol. The Bertz CT molecular complexity index is 1570. The first kappa shape index (κ1) is 30.3. The van der Waals surface area contributed by atoms with Gasteiger partial charge in [0.1, 0.15) is 0 Å². The van der Waals surface area contributed by atoms with Gasteiger partial charge in [0.15, 0.2) is 17.7 Å². The first-order valence-electron chi connectivity index (χ1n) is 15.8. The second-order valence-electron chi connectivity index (χ2n) is 14.2. The minimum Gasteiger partial charge on any atom is -0.393 e. The van der Waals surface area contributed by atoms with Gasteiger partial charge in [-0.05, 0) is 72.9 Å². The molecule has 0 bridgehead atoms. The van der Waals surface area contributed by atoms with Crippen LogP contribution in [-0.2, 0) is 24.8 Å². The number of carbonyl (C=O) groups is 2. The van der Waals surface area contributed by atoms with Crippen LogP contribution in [0.4, 0.5) is 8.78 Å². The van der Waals surface area contributed by atoms with Gasteiger partial charge in [0.05, 0.1) is 12.2 Å². The summed E-state index contributed by atoms with van der Waals surface area (Å²) in [5, 5.41) is 14.0. The number of hydrogen-bond donors (Lipinski definition) is 1. The number of aliphatic hydroxyl groups is 1. The van der Waals surface area contributed by atoms with Crippen molar-refractivity contribution in [2.24, 2.45) is 28.6 Å². The molecule has 6 unspecified atom stereocenters. The highest BCUT2D eigenvalue weighted by Crippen LogP contribution is 2.70. The fourth-order valence-electron chi connectivity index (χ4n) is 9.57. The van der Waals surface area contributed by atoms with E-state index in [1.165, 1.54) is 11.8 Å². The zero-order chi connectivity index (χ0) is 31.1. The maximum atomic E-state index is 14.6. The summed E-state index contributed by atoms with van der Waals surface area (Å²) in [5.74, 6) is -2.42. The number of fused-ring (bicyclic) bond motifs is 8. The largest absolute Gasteiger partial charge is 0.393 e. The number of alkyl halides is 2. The van der Waals surface area contributed by atoms with E-state index < -0.39 is 47.3 Å². The van der Waals surface area contributed by atoms with Crippen molar-refractivity contribution in [1.29, 1.82) is 0 Å². The number of halogens is 2. The van der Waals surface area contributed by atoms with E-state index in [1.54, 1.807) is 12.2 Å². The van der Waals surface area contributed by atoms with Crippen molar-refractivity contribution in [2.45, 2.75) is 95.1 Å². The van der Waals surface area contributed by atoms with E-state index in [0.717, 1.165) is 41.7 Å². The molecule has 0 radical (unpaired) electrons. The van der Waals surface area contributed by atoms with Crippen molar-refractivity contribution in [2.75, 3.05) is 0 Å². The summed E-state index contributed by atoms with van der Waals surface area (Å²) in [7, 11) is 0. The van der Waals surface area contributed by atoms with Crippen LogP contribution in [0.25, 0.3) is 10.8 Å². The predicted molar refractivity (Wildman–Crippen MR) is 166 cm³/mol. The van der Waals surface area contributed by atoms with E-state index >= 15 is 0 Å². The standard InChI is InChI=1S/C36H40F2O5S/c1-33-14-12-25(39)17-24(33)10-11-26-27-18-29-36(34(27,2)19-28(40)31(26)33,43-30(42-29)13-15-35(3,37)38)32(41)44-20-21-8-9-22-6-4-5-7-23(22)16-21/h4-9,12,14,16-17,26-31,40H,10-11,13,15,18-20H2,1-3H3/t26?,27?,28-,29-,30?,31?,33?,34?,36-/m0/s1. The van der Waals surface area contributed by atoms with Crippen LogP contribution in [0, 0.1) is 28.6 Å². The van der Waals surface area contributed by atoms with Crippen LogP contribution >= 0.6 is 11.8 Å². The summed E-state index contributed by atoms with van der Waals surface area (Å²) in [6.45, 7) is 5.06. The molecule has 2 aromatic rings. The number of thioether (sulfide) groups is 1. The van der Waals surface area contributed by atoms with Gasteiger partial charge in [-0.25, -0.2) is 8.78 Å². The van der Waals surface area contributed by atoms with Gasteiger partial charge < -0.3 is 14.6 Å². The Balaban J connectivity index is 1.21. The molecule has 5 aliphatic rings. The molecule has 0 amide bonds. The van der Waals surface area contributed by atoms with Crippen LogP contribution in [0.3, 0.4) is 0 Å². The van der Waals surface area contributed by atoms with Crippen molar-refractivity contribution in [3.8, 4) is 0 Å². The van der Waals surface area contributed by atoms with Gasteiger partial charge in [-0.15, -0.1) is 0 Å². The number of ketones is 1. The number of carbonyl (C=O) groups excluding carboxylic acids is 2. The molecule has 1 aliphatic heterocycles. The molecule has 1 saturated heterocycles. The first-order chi connectivity index (χ1) is 20.8. The van der Waals surface area contributed by atoms with E-state index in [-0.39, 0.29) is 35.1 Å². The highest BCUT2D eigenvalue weighted by Gasteiger charge is 2.76. The van der Waals surface area contributed by atoms with Gasteiger partial charge in [0, 0.05) is 35.3 Å². The molecule has 8 heteroatoms. The van der Waals surface area contributed by atoms with E-state index in [4.69, 9.17) is 9.47 Å².